The van der Waals surface area contributed by atoms with Crippen LogP contribution in [0.3, 0.4) is 0 Å². The van der Waals surface area contributed by atoms with Gasteiger partial charge in [0.2, 0.25) is 0 Å². The normalized spacial score (nSPS) is 17.8. The summed E-state index contributed by atoms with van der Waals surface area (Å²) in [7, 11) is 2.10. The first-order valence-corrected chi connectivity index (χ1v) is 7.26. The number of hydrogen-bond acceptors (Lipinski definition) is 3. The second kappa shape index (κ2) is 6.01. The summed E-state index contributed by atoms with van der Waals surface area (Å²) < 4.78 is 0.799. The average molecular weight is 319 g/mol. The van der Waals surface area contributed by atoms with Gasteiger partial charge in [0, 0.05) is 13.1 Å². The maximum Gasteiger partial charge on any atom is 0.148 e. The molecule has 94 valence electrons. The van der Waals surface area contributed by atoms with Gasteiger partial charge in [-0.1, -0.05) is 37.3 Å². The van der Waals surface area contributed by atoms with E-state index >= 15 is 0 Å². The van der Waals surface area contributed by atoms with E-state index in [1.165, 1.54) is 44.9 Å². The first-order valence-electron chi connectivity index (χ1n) is 6.09. The van der Waals surface area contributed by atoms with Gasteiger partial charge in [0.15, 0.2) is 0 Å². The van der Waals surface area contributed by atoms with Crippen molar-refractivity contribution in [2.75, 3.05) is 11.9 Å². The predicted molar refractivity (Wildman–Crippen MR) is 74.6 cm³/mol. The van der Waals surface area contributed by atoms with Gasteiger partial charge in [-0.25, -0.2) is 9.97 Å². The van der Waals surface area contributed by atoms with Gasteiger partial charge in [-0.15, -0.1) is 0 Å². The standard InChI is InChI=1S/C12H17BrClN3/c1-17(9-6-4-2-3-5-7-9)12-10(13)11(14)15-8-16-12/h8-9H,2-7H2,1H3. The molecule has 0 unspecified atom stereocenters. The highest BCUT2D eigenvalue weighted by molar-refractivity contribution is 9.10. The van der Waals surface area contributed by atoms with Crippen molar-refractivity contribution < 1.29 is 0 Å². The minimum atomic E-state index is 0.482. The number of rotatable bonds is 2. The van der Waals surface area contributed by atoms with E-state index in [0.717, 1.165) is 10.3 Å². The van der Waals surface area contributed by atoms with Gasteiger partial charge in [0.25, 0.3) is 0 Å². The number of aromatic nitrogens is 2. The Morgan fingerprint density at radius 3 is 2.53 bits per heavy atom. The number of nitrogens with zero attached hydrogens (tertiary/aromatic N) is 3. The molecule has 1 aliphatic carbocycles. The predicted octanol–water partition coefficient (Wildman–Crippen LogP) is 4.05. The maximum absolute atomic E-state index is 6.00. The molecule has 0 bridgehead atoms. The molecule has 1 fully saturated rings. The van der Waals surface area contributed by atoms with Crippen molar-refractivity contribution >= 4 is 33.3 Å². The second-order valence-electron chi connectivity index (χ2n) is 4.56. The largest absolute Gasteiger partial charge is 0.356 e. The second-order valence-corrected chi connectivity index (χ2v) is 5.71. The summed E-state index contributed by atoms with van der Waals surface area (Å²) in [5.74, 6) is 0.900. The third kappa shape index (κ3) is 3.10. The van der Waals surface area contributed by atoms with Crippen molar-refractivity contribution in [3.8, 4) is 0 Å². The average Bonchev–Trinajstić information content (AvgIpc) is 2.60. The highest BCUT2D eigenvalue weighted by Crippen LogP contribution is 2.32. The Balaban J connectivity index is 2.17. The molecule has 1 aliphatic rings. The molecule has 0 spiro atoms. The molecule has 0 saturated heterocycles. The van der Waals surface area contributed by atoms with E-state index in [4.69, 9.17) is 11.6 Å². The van der Waals surface area contributed by atoms with E-state index in [1.54, 1.807) is 0 Å². The van der Waals surface area contributed by atoms with E-state index < -0.39 is 0 Å². The molecule has 1 heterocycles. The Morgan fingerprint density at radius 2 is 1.88 bits per heavy atom. The zero-order valence-electron chi connectivity index (χ0n) is 9.99. The molecule has 2 rings (SSSR count). The Bertz CT molecular complexity index is 378. The lowest BCUT2D eigenvalue weighted by atomic mass is 10.1. The monoisotopic (exact) mass is 317 g/mol. The van der Waals surface area contributed by atoms with Crippen LogP contribution in [0.1, 0.15) is 38.5 Å². The summed E-state index contributed by atoms with van der Waals surface area (Å²) in [5, 5.41) is 0.482. The van der Waals surface area contributed by atoms with Crippen LogP contribution in [0.4, 0.5) is 5.82 Å². The van der Waals surface area contributed by atoms with E-state index in [2.05, 4.69) is 37.8 Å². The summed E-state index contributed by atoms with van der Waals surface area (Å²) in [4.78, 5) is 10.5. The summed E-state index contributed by atoms with van der Waals surface area (Å²) in [5.41, 5.74) is 0. The fourth-order valence-electron chi connectivity index (χ4n) is 2.40. The first kappa shape index (κ1) is 13.1. The van der Waals surface area contributed by atoms with Crippen LogP contribution in [-0.2, 0) is 0 Å². The zero-order valence-corrected chi connectivity index (χ0v) is 12.3. The Hall–Kier alpha value is -0.350. The zero-order chi connectivity index (χ0) is 12.3. The number of anilines is 1. The molecule has 1 aromatic heterocycles. The van der Waals surface area contributed by atoms with Crippen molar-refractivity contribution in [3.05, 3.63) is 16.0 Å². The van der Waals surface area contributed by atoms with Gasteiger partial charge < -0.3 is 4.90 Å². The fourth-order valence-corrected chi connectivity index (χ4v) is 3.02. The molecular weight excluding hydrogens is 302 g/mol. The highest BCUT2D eigenvalue weighted by Gasteiger charge is 2.20. The molecule has 3 nitrogen and oxygen atoms in total. The summed E-state index contributed by atoms with van der Waals surface area (Å²) in [6, 6.07) is 0.569. The van der Waals surface area contributed by atoms with Crippen LogP contribution in [0, 0.1) is 0 Å². The van der Waals surface area contributed by atoms with Crippen molar-refractivity contribution in [1.29, 1.82) is 0 Å². The SMILES string of the molecule is CN(c1ncnc(Cl)c1Br)C1CCCCCC1. The molecular formula is C12H17BrClN3. The van der Waals surface area contributed by atoms with Gasteiger partial charge in [0.1, 0.15) is 17.3 Å². The van der Waals surface area contributed by atoms with Gasteiger partial charge >= 0.3 is 0 Å². The minimum absolute atomic E-state index is 0.482. The number of halogens is 2. The molecule has 5 heteroatoms. The van der Waals surface area contributed by atoms with E-state index in [-0.39, 0.29) is 0 Å². The molecule has 0 aliphatic heterocycles. The van der Waals surface area contributed by atoms with Crippen LogP contribution in [0.15, 0.2) is 10.8 Å². The lowest BCUT2D eigenvalue weighted by Crippen LogP contribution is -2.32. The van der Waals surface area contributed by atoms with Crippen molar-refractivity contribution in [2.24, 2.45) is 0 Å². The van der Waals surface area contributed by atoms with Gasteiger partial charge in [-0.2, -0.15) is 0 Å². The molecule has 1 aromatic rings. The Kier molecular flexibility index (Phi) is 4.62. The van der Waals surface area contributed by atoms with Crippen molar-refractivity contribution in [1.82, 2.24) is 9.97 Å². The molecule has 0 radical (unpaired) electrons. The Morgan fingerprint density at radius 1 is 1.24 bits per heavy atom. The molecule has 0 N–H and O–H groups in total. The maximum atomic E-state index is 6.00. The van der Waals surface area contributed by atoms with E-state index in [9.17, 15) is 0 Å². The van der Waals surface area contributed by atoms with Crippen LogP contribution in [0.2, 0.25) is 5.15 Å². The lowest BCUT2D eigenvalue weighted by Gasteiger charge is -2.28. The quantitative estimate of drug-likeness (QED) is 0.608. The van der Waals surface area contributed by atoms with E-state index in [1.807, 2.05) is 0 Å². The Labute approximate surface area is 116 Å². The van der Waals surface area contributed by atoms with Crippen molar-refractivity contribution in [3.63, 3.8) is 0 Å². The van der Waals surface area contributed by atoms with Crippen LogP contribution in [-0.4, -0.2) is 23.1 Å². The lowest BCUT2D eigenvalue weighted by molar-refractivity contribution is 0.548. The van der Waals surface area contributed by atoms with Gasteiger partial charge in [-0.05, 0) is 28.8 Å². The first-order chi connectivity index (χ1) is 8.20. The molecule has 0 atom stereocenters. The molecule has 0 aromatic carbocycles. The number of hydrogen-bond donors (Lipinski definition) is 0. The van der Waals surface area contributed by atoms with Gasteiger partial charge in [-0.3, -0.25) is 0 Å². The third-order valence-corrected chi connectivity index (χ3v) is 4.68. The van der Waals surface area contributed by atoms with E-state index in [0.29, 0.717) is 11.2 Å². The van der Waals surface area contributed by atoms with Crippen LogP contribution >= 0.6 is 27.5 Å². The van der Waals surface area contributed by atoms with Crippen molar-refractivity contribution in [2.45, 2.75) is 44.6 Å². The minimum Gasteiger partial charge on any atom is -0.356 e. The molecule has 0 amide bonds. The van der Waals surface area contributed by atoms with Gasteiger partial charge in [0.05, 0.1) is 4.47 Å². The third-order valence-electron chi connectivity index (χ3n) is 3.44. The highest BCUT2D eigenvalue weighted by atomic mass is 79.9. The molecule has 1 saturated carbocycles. The molecule has 17 heavy (non-hydrogen) atoms. The van der Waals surface area contributed by atoms with Crippen LogP contribution in [0.25, 0.3) is 0 Å². The summed E-state index contributed by atoms with van der Waals surface area (Å²) in [6.07, 6.45) is 9.34. The van der Waals surface area contributed by atoms with Crippen LogP contribution < -0.4 is 4.90 Å². The topological polar surface area (TPSA) is 29.0 Å². The summed E-state index contributed by atoms with van der Waals surface area (Å²) in [6.45, 7) is 0. The smallest absolute Gasteiger partial charge is 0.148 e. The summed E-state index contributed by atoms with van der Waals surface area (Å²) >= 11 is 9.47. The van der Waals surface area contributed by atoms with Crippen LogP contribution in [0.5, 0.6) is 0 Å². The fraction of sp³-hybridized carbons (Fsp3) is 0.667.